The molecule has 0 amide bonds. The molecule has 0 saturated carbocycles. The highest BCUT2D eigenvalue weighted by Crippen LogP contribution is 2.35. The maximum atomic E-state index is 12.9. The smallest absolute Gasteiger partial charge is 0.326 e. The highest BCUT2D eigenvalue weighted by Gasteiger charge is 2.23. The van der Waals surface area contributed by atoms with Crippen LogP contribution in [0, 0.1) is 6.92 Å². The van der Waals surface area contributed by atoms with Crippen molar-refractivity contribution in [1.82, 2.24) is 9.55 Å². The Kier molecular flexibility index (Phi) is 4.00. The standard InChI is InChI=1S/C17H16N2O3S/c1-3-12(17(21)22)19-9-18-15-14(16(19)20)13(10(2)23-15)11-7-5-4-6-8-11/h4-9,12H,3H2,1-2H3,(H,21,22)/t12-/m0/s1. The first kappa shape index (κ1) is 15.4. The number of fused-ring (bicyclic) bond motifs is 1. The Labute approximate surface area is 136 Å². The minimum atomic E-state index is -1.02. The van der Waals surface area contributed by atoms with E-state index in [0.717, 1.165) is 16.0 Å². The number of carboxylic acids is 1. The Morgan fingerprint density at radius 3 is 2.65 bits per heavy atom. The largest absolute Gasteiger partial charge is 0.480 e. The van der Waals surface area contributed by atoms with E-state index < -0.39 is 12.0 Å². The summed E-state index contributed by atoms with van der Waals surface area (Å²) in [5.41, 5.74) is 1.49. The number of carboxylic acid groups (broad SMARTS) is 1. The van der Waals surface area contributed by atoms with E-state index in [9.17, 15) is 14.7 Å². The quantitative estimate of drug-likeness (QED) is 0.796. The number of aryl methyl sites for hydroxylation is 1. The van der Waals surface area contributed by atoms with Gasteiger partial charge in [0.15, 0.2) is 0 Å². The van der Waals surface area contributed by atoms with Crippen molar-refractivity contribution in [3.8, 4) is 11.1 Å². The molecule has 1 N–H and O–H groups in total. The van der Waals surface area contributed by atoms with Crippen molar-refractivity contribution in [3.05, 3.63) is 51.9 Å². The van der Waals surface area contributed by atoms with E-state index in [4.69, 9.17) is 0 Å². The van der Waals surface area contributed by atoms with Crippen molar-refractivity contribution >= 4 is 27.5 Å². The molecule has 3 aromatic rings. The fraction of sp³-hybridized carbons (Fsp3) is 0.235. The molecule has 118 valence electrons. The van der Waals surface area contributed by atoms with E-state index in [1.807, 2.05) is 37.3 Å². The van der Waals surface area contributed by atoms with Gasteiger partial charge >= 0.3 is 5.97 Å². The van der Waals surface area contributed by atoms with Gasteiger partial charge in [-0.25, -0.2) is 9.78 Å². The lowest BCUT2D eigenvalue weighted by Crippen LogP contribution is -2.29. The predicted molar refractivity (Wildman–Crippen MR) is 91.0 cm³/mol. The summed E-state index contributed by atoms with van der Waals surface area (Å²) in [6, 6.07) is 8.74. The van der Waals surface area contributed by atoms with Crippen LogP contribution in [0.2, 0.25) is 0 Å². The average Bonchev–Trinajstić information content (AvgIpc) is 2.88. The second-order valence-corrected chi connectivity index (χ2v) is 6.50. The van der Waals surface area contributed by atoms with Crippen LogP contribution in [0.4, 0.5) is 0 Å². The van der Waals surface area contributed by atoms with Crippen LogP contribution in [0.5, 0.6) is 0 Å². The number of carbonyl (C=O) groups is 1. The van der Waals surface area contributed by atoms with E-state index in [-0.39, 0.29) is 5.56 Å². The van der Waals surface area contributed by atoms with Gasteiger partial charge in [-0.3, -0.25) is 9.36 Å². The molecular formula is C17H16N2O3S. The predicted octanol–water partition coefficient (Wildman–Crippen LogP) is 3.47. The van der Waals surface area contributed by atoms with Gasteiger partial charge in [0.1, 0.15) is 10.9 Å². The molecule has 3 rings (SSSR count). The van der Waals surface area contributed by atoms with Gasteiger partial charge in [0, 0.05) is 10.4 Å². The van der Waals surface area contributed by atoms with Crippen molar-refractivity contribution < 1.29 is 9.90 Å². The zero-order chi connectivity index (χ0) is 16.6. The zero-order valence-corrected chi connectivity index (χ0v) is 13.6. The molecule has 0 unspecified atom stereocenters. The summed E-state index contributed by atoms with van der Waals surface area (Å²) in [7, 11) is 0. The number of aliphatic carboxylic acids is 1. The Morgan fingerprint density at radius 1 is 1.35 bits per heavy atom. The second-order valence-electron chi connectivity index (χ2n) is 5.30. The van der Waals surface area contributed by atoms with E-state index >= 15 is 0 Å². The molecule has 0 fully saturated rings. The van der Waals surface area contributed by atoms with Crippen LogP contribution < -0.4 is 5.56 Å². The number of rotatable bonds is 4. The molecule has 1 aromatic carbocycles. The molecule has 0 aliphatic heterocycles. The molecule has 23 heavy (non-hydrogen) atoms. The Morgan fingerprint density at radius 2 is 2.04 bits per heavy atom. The summed E-state index contributed by atoms with van der Waals surface area (Å²) in [6.45, 7) is 3.69. The summed E-state index contributed by atoms with van der Waals surface area (Å²) in [4.78, 5) is 30.3. The van der Waals surface area contributed by atoms with Crippen LogP contribution in [0.15, 0.2) is 41.5 Å². The van der Waals surface area contributed by atoms with Crippen LogP contribution in [0.25, 0.3) is 21.3 Å². The van der Waals surface area contributed by atoms with Crippen LogP contribution >= 0.6 is 11.3 Å². The molecule has 0 bridgehead atoms. The maximum absolute atomic E-state index is 12.9. The molecule has 1 atom stereocenters. The molecule has 0 spiro atoms. The van der Waals surface area contributed by atoms with Gasteiger partial charge in [0.05, 0.1) is 11.7 Å². The Balaban J connectivity index is 2.33. The fourth-order valence-corrected chi connectivity index (χ4v) is 3.78. The minimum Gasteiger partial charge on any atom is -0.480 e. The summed E-state index contributed by atoms with van der Waals surface area (Å²) < 4.78 is 1.23. The van der Waals surface area contributed by atoms with Gasteiger partial charge in [-0.1, -0.05) is 37.3 Å². The first-order chi connectivity index (χ1) is 11.0. The van der Waals surface area contributed by atoms with Crippen LogP contribution in [-0.4, -0.2) is 20.6 Å². The lowest BCUT2D eigenvalue weighted by Gasteiger charge is -2.13. The van der Waals surface area contributed by atoms with Gasteiger partial charge in [-0.05, 0) is 18.9 Å². The molecule has 0 aliphatic rings. The number of hydrogen-bond donors (Lipinski definition) is 1. The maximum Gasteiger partial charge on any atom is 0.326 e. The fourth-order valence-electron chi connectivity index (χ4n) is 2.78. The molecule has 6 heteroatoms. The first-order valence-electron chi connectivity index (χ1n) is 7.33. The van der Waals surface area contributed by atoms with Gasteiger partial charge in [0.25, 0.3) is 5.56 Å². The van der Waals surface area contributed by atoms with Gasteiger partial charge < -0.3 is 5.11 Å². The molecule has 0 radical (unpaired) electrons. The monoisotopic (exact) mass is 328 g/mol. The SMILES string of the molecule is CC[C@@H](C(=O)O)n1cnc2sc(C)c(-c3ccccc3)c2c1=O. The third-order valence-electron chi connectivity index (χ3n) is 3.88. The van der Waals surface area contributed by atoms with Crippen molar-refractivity contribution in [2.75, 3.05) is 0 Å². The summed E-state index contributed by atoms with van der Waals surface area (Å²) >= 11 is 1.45. The van der Waals surface area contributed by atoms with E-state index in [1.165, 1.54) is 22.2 Å². The number of nitrogens with zero attached hydrogens (tertiary/aromatic N) is 2. The molecule has 0 saturated heterocycles. The zero-order valence-electron chi connectivity index (χ0n) is 12.8. The third-order valence-corrected chi connectivity index (χ3v) is 4.90. The normalized spacial score (nSPS) is 12.4. The van der Waals surface area contributed by atoms with Gasteiger partial charge in [-0.2, -0.15) is 0 Å². The third kappa shape index (κ3) is 2.55. The van der Waals surface area contributed by atoms with Crippen molar-refractivity contribution in [2.24, 2.45) is 0 Å². The van der Waals surface area contributed by atoms with E-state index in [2.05, 4.69) is 4.98 Å². The number of benzene rings is 1. The molecule has 2 heterocycles. The number of aromatic nitrogens is 2. The van der Waals surface area contributed by atoms with Gasteiger partial charge in [0.2, 0.25) is 0 Å². The lowest BCUT2D eigenvalue weighted by molar-refractivity contribution is -0.141. The Hall–Kier alpha value is -2.47. The van der Waals surface area contributed by atoms with Crippen LogP contribution in [0.3, 0.4) is 0 Å². The van der Waals surface area contributed by atoms with Crippen LogP contribution in [0.1, 0.15) is 24.3 Å². The second kappa shape index (κ2) is 5.96. The minimum absolute atomic E-state index is 0.299. The van der Waals surface area contributed by atoms with Crippen molar-refractivity contribution in [2.45, 2.75) is 26.3 Å². The topological polar surface area (TPSA) is 72.2 Å². The average molecular weight is 328 g/mol. The highest BCUT2D eigenvalue weighted by molar-refractivity contribution is 7.19. The number of thiophene rings is 1. The first-order valence-corrected chi connectivity index (χ1v) is 8.14. The summed E-state index contributed by atoms with van der Waals surface area (Å²) in [6.07, 6.45) is 1.67. The summed E-state index contributed by atoms with van der Waals surface area (Å²) in [5, 5.41) is 9.83. The number of hydrogen-bond acceptors (Lipinski definition) is 4. The van der Waals surface area contributed by atoms with E-state index in [0.29, 0.717) is 16.6 Å². The Bertz CT molecular complexity index is 928. The summed E-state index contributed by atoms with van der Waals surface area (Å²) in [5.74, 6) is -1.02. The lowest BCUT2D eigenvalue weighted by atomic mass is 10.0. The molecule has 5 nitrogen and oxygen atoms in total. The molecule has 0 aliphatic carbocycles. The van der Waals surface area contributed by atoms with Crippen molar-refractivity contribution in [1.29, 1.82) is 0 Å². The van der Waals surface area contributed by atoms with Crippen molar-refractivity contribution in [3.63, 3.8) is 0 Å². The molecular weight excluding hydrogens is 312 g/mol. The van der Waals surface area contributed by atoms with E-state index in [1.54, 1.807) is 6.92 Å². The van der Waals surface area contributed by atoms with Crippen LogP contribution in [-0.2, 0) is 4.79 Å². The van der Waals surface area contributed by atoms with Gasteiger partial charge in [-0.15, -0.1) is 11.3 Å². The molecule has 2 aromatic heterocycles. The highest BCUT2D eigenvalue weighted by atomic mass is 32.1.